The van der Waals surface area contributed by atoms with Crippen molar-refractivity contribution in [2.24, 2.45) is 9.98 Å². The van der Waals surface area contributed by atoms with Crippen molar-refractivity contribution in [1.82, 2.24) is 4.90 Å². The number of carbonyl (C=O) groups is 2. The molecular weight excluding hydrogens is 533 g/mol. The van der Waals surface area contributed by atoms with Gasteiger partial charge in [-0.05, 0) is 63.2 Å². The summed E-state index contributed by atoms with van der Waals surface area (Å²) < 4.78 is 0. The molecule has 2 N–H and O–H groups in total. The largest absolute Gasteiger partial charge is 0.478 e. The Morgan fingerprint density at radius 2 is 1.68 bits per heavy atom. The first-order chi connectivity index (χ1) is 17.8. The van der Waals surface area contributed by atoms with Gasteiger partial charge in [-0.15, -0.1) is 11.8 Å². The zero-order valence-corrected chi connectivity index (χ0v) is 22.6. The molecule has 2 aromatic carbocycles. The first-order valence-corrected chi connectivity index (χ1v) is 13.7. The van der Waals surface area contributed by atoms with Crippen molar-refractivity contribution in [2.45, 2.75) is 25.7 Å². The van der Waals surface area contributed by atoms with Gasteiger partial charge in [0.05, 0.1) is 23.0 Å². The monoisotopic (exact) mass is 561 g/mol. The number of aliphatic imine (C=N–C) groups is 2. The summed E-state index contributed by atoms with van der Waals surface area (Å²) in [6.45, 7) is 4.26. The molecule has 0 unspecified atom stereocenters. The number of carboxylic acid groups (broad SMARTS) is 2. The van der Waals surface area contributed by atoms with E-state index in [4.69, 9.17) is 43.4 Å². The molecule has 0 radical (unpaired) electrons. The second kappa shape index (κ2) is 14.9. The maximum Gasteiger partial charge on any atom is 0.328 e. The lowest BCUT2D eigenvalue weighted by molar-refractivity contribution is -0.134. The quantitative estimate of drug-likeness (QED) is 0.308. The van der Waals surface area contributed by atoms with E-state index in [0.29, 0.717) is 28.7 Å². The fourth-order valence-electron chi connectivity index (χ4n) is 3.96. The molecule has 0 atom stereocenters. The van der Waals surface area contributed by atoms with Crippen LogP contribution >= 0.6 is 35.0 Å². The van der Waals surface area contributed by atoms with Crippen molar-refractivity contribution < 1.29 is 19.8 Å². The van der Waals surface area contributed by atoms with Gasteiger partial charge in [0.15, 0.2) is 0 Å². The number of thioether (sulfide) groups is 1. The molecule has 0 saturated carbocycles. The fraction of sp³-hybridized carbons (Fsp3) is 0.333. The predicted molar refractivity (Wildman–Crippen MR) is 152 cm³/mol. The molecule has 7 nitrogen and oxygen atoms in total. The Bertz CT molecular complexity index is 1180. The Kier molecular flexibility index (Phi) is 11.7. The molecule has 10 heteroatoms. The summed E-state index contributed by atoms with van der Waals surface area (Å²) >= 11 is 14.6. The summed E-state index contributed by atoms with van der Waals surface area (Å²) in [6.07, 6.45) is 6.37. The number of carboxylic acids is 2. The lowest BCUT2D eigenvalue weighted by Gasteiger charge is -2.26. The van der Waals surface area contributed by atoms with Crippen molar-refractivity contribution in [3.05, 3.63) is 75.8 Å². The molecule has 37 heavy (non-hydrogen) atoms. The Balaban J connectivity index is 0.000000414. The van der Waals surface area contributed by atoms with Gasteiger partial charge in [-0.1, -0.05) is 47.8 Å². The highest BCUT2D eigenvalue weighted by Gasteiger charge is 2.19. The van der Waals surface area contributed by atoms with Crippen LogP contribution in [0.5, 0.6) is 0 Å². The van der Waals surface area contributed by atoms with Crippen LogP contribution in [0.1, 0.15) is 36.8 Å². The van der Waals surface area contributed by atoms with Crippen LogP contribution in [0, 0.1) is 0 Å². The summed E-state index contributed by atoms with van der Waals surface area (Å²) in [4.78, 5) is 31.5. The number of hydrogen-bond acceptors (Lipinski definition) is 6. The summed E-state index contributed by atoms with van der Waals surface area (Å²) in [5.74, 6) is -1.45. The lowest BCUT2D eigenvalue weighted by atomic mass is 10.0. The van der Waals surface area contributed by atoms with Crippen LogP contribution in [0.15, 0.2) is 64.6 Å². The summed E-state index contributed by atoms with van der Waals surface area (Å²) in [7, 11) is 0. The van der Waals surface area contributed by atoms with Crippen LogP contribution in [0.25, 0.3) is 0 Å². The van der Waals surface area contributed by atoms with Gasteiger partial charge in [-0.3, -0.25) is 4.99 Å². The van der Waals surface area contributed by atoms with E-state index in [0.717, 1.165) is 33.3 Å². The number of piperidine rings is 1. The average Bonchev–Trinajstić information content (AvgIpc) is 3.06. The van der Waals surface area contributed by atoms with Gasteiger partial charge in [0.2, 0.25) is 0 Å². The Hall–Kier alpha value is -2.65. The van der Waals surface area contributed by atoms with Crippen LogP contribution in [0.3, 0.4) is 0 Å². The Morgan fingerprint density at radius 3 is 2.35 bits per heavy atom. The maximum absolute atomic E-state index is 9.55. The molecule has 2 aromatic rings. The number of aliphatic carboxylic acids is 2. The zero-order chi connectivity index (χ0) is 26.6. The van der Waals surface area contributed by atoms with Crippen molar-refractivity contribution in [3.63, 3.8) is 0 Å². The number of fused-ring (bicyclic) bond motifs is 1. The van der Waals surface area contributed by atoms with Crippen LogP contribution in [-0.2, 0) is 9.59 Å². The third kappa shape index (κ3) is 9.63. The molecule has 2 heterocycles. The Morgan fingerprint density at radius 1 is 0.973 bits per heavy atom. The molecular formula is C27H29Cl2N3O4S. The van der Waals surface area contributed by atoms with Crippen molar-refractivity contribution >= 4 is 63.3 Å². The minimum Gasteiger partial charge on any atom is -0.478 e. The molecule has 0 amide bonds. The number of benzene rings is 2. The lowest BCUT2D eigenvalue weighted by Crippen LogP contribution is -2.30. The van der Waals surface area contributed by atoms with Gasteiger partial charge in [-0.2, -0.15) is 0 Å². The number of hydrogen-bond donors (Lipinski definition) is 2. The maximum atomic E-state index is 9.55. The molecule has 2 aliphatic rings. The van der Waals surface area contributed by atoms with E-state index in [-0.39, 0.29) is 0 Å². The second-order valence-corrected chi connectivity index (χ2v) is 10.4. The summed E-state index contributed by atoms with van der Waals surface area (Å²) in [5.41, 5.74) is 3.63. The standard InChI is InChI=1S/C23H25Cl2N3S.C4H4O4/c24-17-9-10-21-19(15-17)23(18-7-2-3-8-20(18)25)26-16-22(27-21)29-14-6-13-28-11-4-1-5-12-28;5-3(6)1-2-4(7)8/h2-3,7-10,15H,1,4-6,11-14,16H2;1-2H,(H,5,6)(H,7,8)/b;2-1+. The molecule has 1 saturated heterocycles. The predicted octanol–water partition coefficient (Wildman–Crippen LogP) is 6.20. The molecule has 0 spiro atoms. The SMILES string of the molecule is Clc1ccc2c(c1)C(c1ccccc1Cl)=NCC(SCCCN1CCCCC1)=N2.O=C(O)/C=C/C(=O)O. The van der Waals surface area contributed by atoms with E-state index in [2.05, 4.69) is 4.90 Å². The van der Waals surface area contributed by atoms with Gasteiger partial charge in [-0.25, -0.2) is 14.6 Å². The number of rotatable bonds is 7. The van der Waals surface area contributed by atoms with Crippen LogP contribution < -0.4 is 0 Å². The fourth-order valence-corrected chi connectivity index (χ4v) is 5.19. The number of nitrogens with zero attached hydrogens (tertiary/aromatic N) is 3. The third-order valence-corrected chi connectivity index (χ3v) is 7.28. The minimum absolute atomic E-state index is 0.558. The van der Waals surface area contributed by atoms with Crippen LogP contribution in [-0.4, -0.2) is 69.7 Å². The van der Waals surface area contributed by atoms with E-state index in [1.54, 1.807) is 0 Å². The normalized spacial score (nSPS) is 15.6. The topological polar surface area (TPSA) is 103 Å². The van der Waals surface area contributed by atoms with Gasteiger partial charge < -0.3 is 15.1 Å². The van der Waals surface area contributed by atoms with Gasteiger partial charge >= 0.3 is 11.9 Å². The molecule has 4 rings (SSSR count). The van der Waals surface area contributed by atoms with Gasteiger partial charge in [0, 0.05) is 39.1 Å². The summed E-state index contributed by atoms with van der Waals surface area (Å²) in [6, 6.07) is 13.6. The van der Waals surface area contributed by atoms with Crippen LogP contribution in [0.4, 0.5) is 5.69 Å². The average molecular weight is 563 g/mol. The van der Waals surface area contributed by atoms with Crippen molar-refractivity contribution in [2.75, 3.05) is 31.9 Å². The summed E-state index contributed by atoms with van der Waals surface area (Å²) in [5, 5.41) is 18.0. The Labute approximate surface area is 230 Å². The van der Waals surface area contributed by atoms with Crippen LogP contribution in [0.2, 0.25) is 10.0 Å². The van der Waals surface area contributed by atoms with E-state index in [1.807, 2.05) is 54.2 Å². The number of halogens is 2. The van der Waals surface area contributed by atoms with Gasteiger partial charge in [0.25, 0.3) is 0 Å². The van der Waals surface area contributed by atoms with E-state index < -0.39 is 11.9 Å². The minimum atomic E-state index is -1.26. The van der Waals surface area contributed by atoms with E-state index in [9.17, 15) is 9.59 Å². The highest BCUT2D eigenvalue weighted by molar-refractivity contribution is 8.14. The highest BCUT2D eigenvalue weighted by Crippen LogP contribution is 2.31. The van der Waals surface area contributed by atoms with E-state index in [1.165, 1.54) is 45.3 Å². The second-order valence-electron chi connectivity index (χ2n) is 8.43. The van der Waals surface area contributed by atoms with E-state index >= 15 is 0 Å². The molecule has 196 valence electrons. The van der Waals surface area contributed by atoms with Crippen molar-refractivity contribution in [1.29, 1.82) is 0 Å². The smallest absolute Gasteiger partial charge is 0.328 e. The first-order valence-electron chi connectivity index (χ1n) is 12.0. The number of likely N-dealkylation sites (tertiary alicyclic amines) is 1. The molecule has 0 bridgehead atoms. The highest BCUT2D eigenvalue weighted by atomic mass is 35.5. The first kappa shape index (κ1) is 28.9. The molecule has 0 aliphatic carbocycles. The molecule has 2 aliphatic heterocycles. The third-order valence-electron chi connectivity index (χ3n) is 5.66. The zero-order valence-electron chi connectivity index (χ0n) is 20.3. The van der Waals surface area contributed by atoms with Gasteiger partial charge in [0.1, 0.15) is 0 Å². The molecule has 0 aromatic heterocycles. The van der Waals surface area contributed by atoms with Crippen molar-refractivity contribution in [3.8, 4) is 0 Å². The molecule has 1 fully saturated rings.